The zero-order valence-corrected chi connectivity index (χ0v) is 12.6. The maximum atomic E-state index is 12.7. The molecule has 104 valence electrons. The second-order valence-corrected chi connectivity index (χ2v) is 5.83. The molecule has 5 nitrogen and oxygen atoms in total. The molecular formula is C16H6BrN3O2. The fourth-order valence-corrected chi connectivity index (χ4v) is 3.00. The van der Waals surface area contributed by atoms with Crippen LogP contribution >= 0.6 is 15.9 Å². The molecule has 1 aliphatic rings. The Labute approximate surface area is 132 Å². The Morgan fingerprint density at radius 2 is 1.95 bits per heavy atom. The van der Waals surface area contributed by atoms with E-state index in [2.05, 4.69) is 20.9 Å². The lowest BCUT2D eigenvalue weighted by molar-refractivity contribution is 0.103. The average molecular weight is 352 g/mol. The predicted molar refractivity (Wildman–Crippen MR) is 83.2 cm³/mol. The summed E-state index contributed by atoms with van der Waals surface area (Å²) in [5, 5.41) is 9.39. The van der Waals surface area contributed by atoms with Crippen molar-refractivity contribution in [1.29, 1.82) is 5.26 Å². The number of carbonyl (C=O) groups excluding carboxylic acids is 1. The molecule has 3 aromatic rings. The van der Waals surface area contributed by atoms with Gasteiger partial charge in [-0.2, -0.15) is 5.26 Å². The largest absolute Gasteiger partial charge is 0.285 e. The number of ketones is 1. The van der Waals surface area contributed by atoms with Gasteiger partial charge in [-0.3, -0.25) is 14.2 Å². The SMILES string of the molecule is N#Cc1ccc2c(c1)C(=O)c1nc3ccc(Br)cc3c(=O)n1-2. The quantitative estimate of drug-likeness (QED) is 0.487. The molecule has 0 radical (unpaired) electrons. The third-order valence-electron chi connectivity index (χ3n) is 3.64. The minimum absolute atomic E-state index is 0.0879. The van der Waals surface area contributed by atoms with E-state index in [0.29, 0.717) is 27.7 Å². The van der Waals surface area contributed by atoms with Crippen molar-refractivity contribution in [2.45, 2.75) is 0 Å². The van der Waals surface area contributed by atoms with Crippen LogP contribution in [0.4, 0.5) is 0 Å². The molecule has 4 rings (SSSR count). The molecule has 0 fully saturated rings. The van der Waals surface area contributed by atoms with Crippen molar-refractivity contribution in [2.24, 2.45) is 0 Å². The van der Waals surface area contributed by atoms with Crippen LogP contribution in [0.5, 0.6) is 0 Å². The van der Waals surface area contributed by atoms with Crippen molar-refractivity contribution in [3.8, 4) is 11.8 Å². The van der Waals surface area contributed by atoms with E-state index in [1.165, 1.54) is 10.6 Å². The van der Waals surface area contributed by atoms with E-state index >= 15 is 0 Å². The summed E-state index contributed by atoms with van der Waals surface area (Å²) in [5.74, 6) is -0.251. The summed E-state index contributed by atoms with van der Waals surface area (Å²) in [6, 6.07) is 11.8. The molecule has 1 aromatic heterocycles. The highest BCUT2D eigenvalue weighted by atomic mass is 79.9. The van der Waals surface area contributed by atoms with Crippen molar-refractivity contribution in [2.75, 3.05) is 0 Å². The Hall–Kier alpha value is -2.78. The minimum Gasteiger partial charge on any atom is -0.285 e. The summed E-state index contributed by atoms with van der Waals surface area (Å²) in [4.78, 5) is 29.5. The van der Waals surface area contributed by atoms with Crippen LogP contribution in [0, 0.1) is 11.3 Å². The molecule has 0 unspecified atom stereocenters. The van der Waals surface area contributed by atoms with Crippen LogP contribution < -0.4 is 5.56 Å². The Bertz CT molecular complexity index is 1090. The van der Waals surface area contributed by atoms with Crippen LogP contribution in [-0.4, -0.2) is 15.3 Å². The van der Waals surface area contributed by atoms with Gasteiger partial charge in [0.05, 0.1) is 33.8 Å². The van der Waals surface area contributed by atoms with Crippen LogP contribution in [0.3, 0.4) is 0 Å². The number of rotatable bonds is 0. The molecule has 22 heavy (non-hydrogen) atoms. The number of aromatic nitrogens is 2. The van der Waals surface area contributed by atoms with Crippen molar-refractivity contribution < 1.29 is 4.79 Å². The summed E-state index contributed by atoms with van der Waals surface area (Å²) in [7, 11) is 0. The van der Waals surface area contributed by atoms with E-state index in [-0.39, 0.29) is 17.2 Å². The van der Waals surface area contributed by atoms with Crippen LogP contribution in [-0.2, 0) is 0 Å². The molecule has 0 aliphatic carbocycles. The molecule has 0 saturated carbocycles. The molecule has 6 heteroatoms. The standard InChI is InChI=1S/C16H6BrN3O2/c17-9-2-3-12-10(6-9)16(22)20-13-4-1-8(7-18)5-11(13)14(21)15(20)19-12/h1-6H. The van der Waals surface area contributed by atoms with Crippen LogP contribution in [0.25, 0.3) is 16.6 Å². The van der Waals surface area contributed by atoms with E-state index in [9.17, 15) is 9.59 Å². The van der Waals surface area contributed by atoms with E-state index in [4.69, 9.17) is 5.26 Å². The molecule has 0 saturated heterocycles. The molecule has 0 spiro atoms. The monoisotopic (exact) mass is 351 g/mol. The first-order valence-corrected chi connectivity index (χ1v) is 7.21. The first kappa shape index (κ1) is 12.9. The number of halogens is 1. The lowest BCUT2D eigenvalue weighted by atomic mass is 10.1. The van der Waals surface area contributed by atoms with Gasteiger partial charge < -0.3 is 0 Å². The number of hydrogen-bond donors (Lipinski definition) is 0. The van der Waals surface area contributed by atoms with Crippen molar-refractivity contribution >= 4 is 32.6 Å². The number of carbonyl (C=O) groups is 1. The van der Waals surface area contributed by atoms with Gasteiger partial charge in [0.15, 0.2) is 5.82 Å². The summed E-state index contributed by atoms with van der Waals surface area (Å²) in [6.45, 7) is 0. The molecule has 2 heterocycles. The highest BCUT2D eigenvalue weighted by Gasteiger charge is 2.30. The van der Waals surface area contributed by atoms with Crippen LogP contribution in [0.15, 0.2) is 45.7 Å². The van der Waals surface area contributed by atoms with Gasteiger partial charge in [-0.05, 0) is 36.4 Å². The molecule has 2 aromatic carbocycles. The fourth-order valence-electron chi connectivity index (χ4n) is 2.64. The average Bonchev–Trinajstić information content (AvgIpc) is 2.81. The predicted octanol–water partition coefficient (Wildman–Crippen LogP) is 2.56. The Kier molecular flexibility index (Phi) is 2.56. The third kappa shape index (κ3) is 1.60. The zero-order chi connectivity index (χ0) is 15.4. The van der Waals surface area contributed by atoms with E-state index in [1.807, 2.05) is 6.07 Å². The molecule has 0 N–H and O–H groups in total. The third-order valence-corrected chi connectivity index (χ3v) is 4.14. The van der Waals surface area contributed by atoms with Gasteiger partial charge in [0.2, 0.25) is 5.78 Å². The number of nitrogens with zero attached hydrogens (tertiary/aromatic N) is 3. The molecule has 1 aliphatic heterocycles. The Morgan fingerprint density at radius 3 is 2.73 bits per heavy atom. The maximum absolute atomic E-state index is 12.7. The molecule has 0 atom stereocenters. The highest BCUT2D eigenvalue weighted by Crippen LogP contribution is 2.27. The molecular weight excluding hydrogens is 346 g/mol. The van der Waals surface area contributed by atoms with Gasteiger partial charge in [0.25, 0.3) is 5.56 Å². The second kappa shape index (κ2) is 4.36. The molecule has 0 amide bonds. The van der Waals surface area contributed by atoms with Gasteiger partial charge in [-0.15, -0.1) is 0 Å². The summed E-state index contributed by atoms with van der Waals surface area (Å²) >= 11 is 3.33. The van der Waals surface area contributed by atoms with Gasteiger partial charge in [-0.1, -0.05) is 15.9 Å². The maximum Gasteiger partial charge on any atom is 0.266 e. The topological polar surface area (TPSA) is 75.8 Å². The summed E-state index contributed by atoms with van der Waals surface area (Å²) in [5.41, 5.74) is 1.36. The van der Waals surface area contributed by atoms with Crippen molar-refractivity contribution in [3.05, 3.63) is 68.2 Å². The number of nitriles is 1. The first-order valence-electron chi connectivity index (χ1n) is 6.41. The summed E-state index contributed by atoms with van der Waals surface area (Å²) < 4.78 is 2.08. The summed E-state index contributed by atoms with van der Waals surface area (Å²) in [6.07, 6.45) is 0. The van der Waals surface area contributed by atoms with E-state index in [1.54, 1.807) is 30.3 Å². The van der Waals surface area contributed by atoms with Gasteiger partial charge in [-0.25, -0.2) is 4.98 Å². The number of benzene rings is 2. The Balaban J connectivity index is 2.14. The molecule has 0 bridgehead atoms. The van der Waals surface area contributed by atoms with Crippen LogP contribution in [0.2, 0.25) is 0 Å². The number of fused-ring (bicyclic) bond motifs is 4. The van der Waals surface area contributed by atoms with Gasteiger partial charge in [0.1, 0.15) is 0 Å². The highest BCUT2D eigenvalue weighted by molar-refractivity contribution is 9.10. The van der Waals surface area contributed by atoms with Gasteiger partial charge >= 0.3 is 0 Å². The van der Waals surface area contributed by atoms with Crippen molar-refractivity contribution in [3.63, 3.8) is 0 Å². The lowest BCUT2D eigenvalue weighted by Gasteiger charge is -2.05. The first-order chi connectivity index (χ1) is 10.6. The fraction of sp³-hybridized carbons (Fsp3) is 0. The Morgan fingerprint density at radius 1 is 1.14 bits per heavy atom. The second-order valence-electron chi connectivity index (χ2n) is 4.91. The van der Waals surface area contributed by atoms with E-state index in [0.717, 1.165) is 4.47 Å². The van der Waals surface area contributed by atoms with Crippen LogP contribution in [0.1, 0.15) is 21.7 Å². The number of hydrogen-bond acceptors (Lipinski definition) is 4. The zero-order valence-electron chi connectivity index (χ0n) is 11.0. The lowest BCUT2D eigenvalue weighted by Crippen LogP contribution is -2.21. The van der Waals surface area contributed by atoms with Crippen molar-refractivity contribution in [1.82, 2.24) is 9.55 Å². The van der Waals surface area contributed by atoms with E-state index < -0.39 is 0 Å². The normalized spacial score (nSPS) is 12.1. The minimum atomic E-state index is -0.339. The smallest absolute Gasteiger partial charge is 0.266 e. The van der Waals surface area contributed by atoms with Gasteiger partial charge in [0, 0.05) is 4.47 Å².